The van der Waals surface area contributed by atoms with Gasteiger partial charge in [-0.15, -0.1) is 0 Å². The predicted molar refractivity (Wildman–Crippen MR) is 79.1 cm³/mol. The summed E-state index contributed by atoms with van der Waals surface area (Å²) in [5.41, 5.74) is 2.88. The van der Waals surface area contributed by atoms with Crippen LogP contribution in [0.3, 0.4) is 0 Å². The Bertz CT molecular complexity index is 842. The first kappa shape index (κ1) is 12.5. The molecule has 2 aromatic carbocycles. The van der Waals surface area contributed by atoms with Crippen molar-refractivity contribution in [3.8, 4) is 17.1 Å². The number of benzene rings is 2. The number of aryl methyl sites for hydroxylation is 2. The van der Waals surface area contributed by atoms with E-state index in [4.69, 9.17) is 4.42 Å². The Kier molecular flexibility index (Phi) is 2.83. The van der Waals surface area contributed by atoms with Crippen molar-refractivity contribution < 1.29 is 9.52 Å². The van der Waals surface area contributed by atoms with Gasteiger partial charge in [-0.25, -0.2) is 0 Å². The van der Waals surface area contributed by atoms with E-state index in [0.29, 0.717) is 16.5 Å². The van der Waals surface area contributed by atoms with Crippen molar-refractivity contribution in [2.75, 3.05) is 0 Å². The van der Waals surface area contributed by atoms with Gasteiger partial charge in [0.15, 0.2) is 5.76 Å². The standard InChI is InChI=1S/C17H14O3/c1-10-3-6-12(7-4-10)17-16(19)15(18)13-8-5-11(2)9-14(13)20-17/h3-9,19H,1-2H3. The largest absolute Gasteiger partial charge is 0.502 e. The molecule has 0 radical (unpaired) electrons. The first-order valence-corrected chi connectivity index (χ1v) is 6.40. The van der Waals surface area contributed by atoms with Crippen LogP contribution < -0.4 is 5.43 Å². The zero-order valence-corrected chi connectivity index (χ0v) is 11.3. The number of rotatable bonds is 1. The van der Waals surface area contributed by atoms with Gasteiger partial charge in [0.1, 0.15) is 5.58 Å². The zero-order chi connectivity index (χ0) is 14.3. The molecule has 3 rings (SSSR count). The summed E-state index contributed by atoms with van der Waals surface area (Å²) in [6.07, 6.45) is 0. The molecule has 3 heteroatoms. The molecule has 0 aliphatic rings. The summed E-state index contributed by atoms with van der Waals surface area (Å²) in [7, 11) is 0. The summed E-state index contributed by atoms with van der Waals surface area (Å²) >= 11 is 0. The summed E-state index contributed by atoms with van der Waals surface area (Å²) in [6.45, 7) is 3.90. The second-order valence-corrected chi connectivity index (χ2v) is 4.97. The van der Waals surface area contributed by atoms with Gasteiger partial charge >= 0.3 is 0 Å². The van der Waals surface area contributed by atoms with Crippen LogP contribution in [0.1, 0.15) is 11.1 Å². The van der Waals surface area contributed by atoms with Gasteiger partial charge in [-0.05, 0) is 31.5 Å². The molecule has 1 heterocycles. The normalized spacial score (nSPS) is 10.9. The summed E-state index contributed by atoms with van der Waals surface area (Å²) in [6, 6.07) is 12.8. The minimum absolute atomic E-state index is 0.216. The van der Waals surface area contributed by atoms with Crippen LogP contribution >= 0.6 is 0 Å². The van der Waals surface area contributed by atoms with Gasteiger partial charge in [0.05, 0.1) is 5.39 Å². The summed E-state index contributed by atoms with van der Waals surface area (Å²) in [4.78, 5) is 12.2. The van der Waals surface area contributed by atoms with Crippen LogP contribution in [0.5, 0.6) is 5.75 Å². The molecule has 0 aliphatic heterocycles. The molecule has 0 spiro atoms. The average Bonchev–Trinajstić information content (AvgIpc) is 2.44. The van der Waals surface area contributed by atoms with Crippen molar-refractivity contribution in [2.45, 2.75) is 13.8 Å². The first-order valence-electron chi connectivity index (χ1n) is 6.40. The Morgan fingerprint density at radius 2 is 1.60 bits per heavy atom. The number of hydrogen-bond donors (Lipinski definition) is 1. The fourth-order valence-corrected chi connectivity index (χ4v) is 2.19. The minimum atomic E-state index is -0.401. The quantitative estimate of drug-likeness (QED) is 0.729. The molecule has 0 fully saturated rings. The highest BCUT2D eigenvalue weighted by atomic mass is 16.4. The van der Waals surface area contributed by atoms with Gasteiger partial charge in [-0.2, -0.15) is 0 Å². The lowest BCUT2D eigenvalue weighted by molar-refractivity contribution is 0.449. The van der Waals surface area contributed by atoms with Crippen molar-refractivity contribution in [1.29, 1.82) is 0 Å². The van der Waals surface area contributed by atoms with Gasteiger partial charge < -0.3 is 9.52 Å². The fraction of sp³-hybridized carbons (Fsp3) is 0.118. The van der Waals surface area contributed by atoms with Gasteiger partial charge in [0.25, 0.3) is 0 Å². The van der Waals surface area contributed by atoms with Crippen molar-refractivity contribution in [3.63, 3.8) is 0 Å². The van der Waals surface area contributed by atoms with E-state index in [1.54, 1.807) is 12.1 Å². The highest BCUT2D eigenvalue weighted by molar-refractivity contribution is 5.82. The van der Waals surface area contributed by atoms with Gasteiger partial charge in [0, 0.05) is 5.56 Å². The number of aromatic hydroxyl groups is 1. The number of fused-ring (bicyclic) bond motifs is 1. The van der Waals surface area contributed by atoms with Crippen molar-refractivity contribution in [1.82, 2.24) is 0 Å². The molecule has 0 saturated carbocycles. The lowest BCUT2D eigenvalue weighted by Gasteiger charge is -2.06. The lowest BCUT2D eigenvalue weighted by atomic mass is 10.1. The lowest BCUT2D eigenvalue weighted by Crippen LogP contribution is -2.02. The summed E-state index contributed by atoms with van der Waals surface area (Å²) < 4.78 is 5.73. The molecule has 3 nitrogen and oxygen atoms in total. The minimum Gasteiger partial charge on any atom is -0.502 e. The molecule has 3 aromatic rings. The molecule has 0 aliphatic carbocycles. The third-order valence-corrected chi connectivity index (χ3v) is 3.34. The maximum absolute atomic E-state index is 12.2. The highest BCUT2D eigenvalue weighted by Gasteiger charge is 2.15. The van der Waals surface area contributed by atoms with Crippen LogP contribution in [0.4, 0.5) is 0 Å². The van der Waals surface area contributed by atoms with Crippen molar-refractivity contribution in [2.24, 2.45) is 0 Å². The molecule has 0 amide bonds. The van der Waals surface area contributed by atoms with E-state index in [9.17, 15) is 9.90 Å². The highest BCUT2D eigenvalue weighted by Crippen LogP contribution is 2.30. The monoisotopic (exact) mass is 266 g/mol. The van der Waals surface area contributed by atoms with E-state index >= 15 is 0 Å². The molecule has 0 saturated heterocycles. The zero-order valence-electron chi connectivity index (χ0n) is 11.3. The van der Waals surface area contributed by atoms with Crippen LogP contribution in [-0.2, 0) is 0 Å². The van der Waals surface area contributed by atoms with Gasteiger partial charge in [-0.1, -0.05) is 35.9 Å². The third kappa shape index (κ3) is 1.97. The van der Waals surface area contributed by atoms with Crippen LogP contribution in [0.2, 0.25) is 0 Å². The summed E-state index contributed by atoms with van der Waals surface area (Å²) in [5, 5.41) is 10.5. The smallest absolute Gasteiger partial charge is 0.235 e. The Labute approximate surface area is 116 Å². The molecule has 100 valence electrons. The summed E-state index contributed by atoms with van der Waals surface area (Å²) in [5.74, 6) is -0.127. The van der Waals surface area contributed by atoms with E-state index in [-0.39, 0.29) is 11.5 Å². The SMILES string of the molecule is Cc1ccc(-c2oc3cc(C)ccc3c(=O)c2O)cc1. The second kappa shape index (κ2) is 4.53. The van der Waals surface area contributed by atoms with Crippen molar-refractivity contribution >= 4 is 11.0 Å². The molecular formula is C17H14O3. The van der Waals surface area contributed by atoms with E-state index < -0.39 is 5.43 Å². The number of hydrogen-bond acceptors (Lipinski definition) is 3. The van der Waals surface area contributed by atoms with Crippen LogP contribution in [0.25, 0.3) is 22.3 Å². The topological polar surface area (TPSA) is 50.4 Å². The Hall–Kier alpha value is -2.55. The molecule has 0 unspecified atom stereocenters. The van der Waals surface area contributed by atoms with E-state index in [1.165, 1.54) is 0 Å². The molecule has 1 aromatic heterocycles. The van der Waals surface area contributed by atoms with E-state index in [0.717, 1.165) is 11.1 Å². The van der Waals surface area contributed by atoms with Crippen LogP contribution in [0, 0.1) is 13.8 Å². The van der Waals surface area contributed by atoms with Crippen molar-refractivity contribution in [3.05, 3.63) is 63.8 Å². The predicted octanol–water partition coefficient (Wildman–Crippen LogP) is 3.78. The Morgan fingerprint density at radius 1 is 0.950 bits per heavy atom. The van der Waals surface area contributed by atoms with Crippen LogP contribution in [-0.4, -0.2) is 5.11 Å². The van der Waals surface area contributed by atoms with Crippen LogP contribution in [0.15, 0.2) is 51.7 Å². The average molecular weight is 266 g/mol. The maximum atomic E-state index is 12.2. The molecule has 0 bridgehead atoms. The molecule has 1 N–H and O–H groups in total. The second-order valence-electron chi connectivity index (χ2n) is 4.97. The van der Waals surface area contributed by atoms with E-state index in [2.05, 4.69) is 0 Å². The molecular weight excluding hydrogens is 252 g/mol. The van der Waals surface area contributed by atoms with Gasteiger partial charge in [-0.3, -0.25) is 4.79 Å². The Morgan fingerprint density at radius 3 is 2.30 bits per heavy atom. The van der Waals surface area contributed by atoms with E-state index in [1.807, 2.05) is 44.2 Å². The third-order valence-electron chi connectivity index (χ3n) is 3.34. The van der Waals surface area contributed by atoms with Gasteiger partial charge in [0.2, 0.25) is 11.2 Å². The first-order chi connectivity index (χ1) is 9.56. The Balaban J connectivity index is 2.33. The fourth-order valence-electron chi connectivity index (χ4n) is 2.19. The molecule has 20 heavy (non-hydrogen) atoms. The maximum Gasteiger partial charge on any atom is 0.235 e. The molecule has 0 atom stereocenters.